The second-order valence-corrected chi connectivity index (χ2v) is 6.89. The fraction of sp³-hybridized carbons (Fsp3) is 0.333. The molecule has 2 aromatic rings. The van der Waals surface area contributed by atoms with E-state index in [2.05, 4.69) is 15.2 Å². The van der Waals surface area contributed by atoms with Gasteiger partial charge in [0, 0.05) is 35.7 Å². The molecule has 1 N–H and O–H groups in total. The van der Waals surface area contributed by atoms with Gasteiger partial charge >= 0.3 is 0 Å². The molecule has 1 aliphatic rings. The molecule has 0 spiro atoms. The van der Waals surface area contributed by atoms with E-state index < -0.39 is 0 Å². The van der Waals surface area contributed by atoms with E-state index in [4.69, 9.17) is 23.2 Å². The lowest BCUT2D eigenvalue weighted by Crippen LogP contribution is -2.44. The van der Waals surface area contributed by atoms with Crippen molar-refractivity contribution in [1.82, 2.24) is 10.3 Å². The predicted molar refractivity (Wildman–Crippen MR) is 91.3 cm³/mol. The standard InChI is InChI=1S/C15H15Cl2N3OS/c16-10-1-2-12(13(17)9-10)14(21)19-11-3-6-20(7-4-11)15-18-5-8-22-15/h1-2,5,8-9,11H,3-4,6-7H2,(H,19,21). The normalized spacial score (nSPS) is 15.8. The molecule has 3 rings (SSSR count). The molecule has 0 aliphatic carbocycles. The van der Waals surface area contributed by atoms with Crippen LogP contribution < -0.4 is 10.2 Å². The Bertz CT molecular complexity index is 655. The Kier molecular flexibility index (Phi) is 4.86. The van der Waals surface area contributed by atoms with Gasteiger partial charge < -0.3 is 10.2 Å². The minimum absolute atomic E-state index is 0.144. The van der Waals surface area contributed by atoms with Gasteiger partial charge in [0.1, 0.15) is 0 Å². The fourth-order valence-corrected chi connectivity index (χ4v) is 3.72. The minimum Gasteiger partial charge on any atom is -0.349 e. The van der Waals surface area contributed by atoms with Crippen LogP contribution in [0.5, 0.6) is 0 Å². The number of halogens is 2. The van der Waals surface area contributed by atoms with Gasteiger partial charge in [0.2, 0.25) is 0 Å². The summed E-state index contributed by atoms with van der Waals surface area (Å²) in [5.41, 5.74) is 0.466. The highest BCUT2D eigenvalue weighted by molar-refractivity contribution is 7.13. The van der Waals surface area contributed by atoms with Crippen LogP contribution in [0.25, 0.3) is 0 Å². The number of carbonyl (C=O) groups is 1. The van der Waals surface area contributed by atoms with Crippen LogP contribution in [0.3, 0.4) is 0 Å². The number of anilines is 1. The molecule has 1 saturated heterocycles. The van der Waals surface area contributed by atoms with Crippen LogP contribution in [0.15, 0.2) is 29.8 Å². The Hall–Kier alpha value is -1.30. The molecule has 1 aromatic heterocycles. The first kappa shape index (κ1) is 15.6. The van der Waals surface area contributed by atoms with Crippen LogP contribution >= 0.6 is 34.5 Å². The number of hydrogen-bond donors (Lipinski definition) is 1. The van der Waals surface area contributed by atoms with E-state index in [9.17, 15) is 4.79 Å². The van der Waals surface area contributed by atoms with Crippen molar-refractivity contribution < 1.29 is 4.79 Å². The highest BCUT2D eigenvalue weighted by atomic mass is 35.5. The third-order valence-electron chi connectivity index (χ3n) is 3.70. The molecule has 0 saturated carbocycles. The summed E-state index contributed by atoms with van der Waals surface area (Å²) >= 11 is 13.6. The molecule has 116 valence electrons. The lowest BCUT2D eigenvalue weighted by molar-refractivity contribution is 0.0931. The number of hydrogen-bond acceptors (Lipinski definition) is 4. The van der Waals surface area contributed by atoms with E-state index in [0.29, 0.717) is 15.6 Å². The number of aromatic nitrogens is 1. The molecule has 1 fully saturated rings. The quantitative estimate of drug-likeness (QED) is 0.909. The molecule has 0 bridgehead atoms. The van der Waals surface area contributed by atoms with E-state index in [-0.39, 0.29) is 11.9 Å². The zero-order valence-corrected chi connectivity index (χ0v) is 14.1. The SMILES string of the molecule is O=C(NC1CCN(c2nccs2)CC1)c1ccc(Cl)cc1Cl. The van der Waals surface area contributed by atoms with Crippen molar-refractivity contribution in [3.05, 3.63) is 45.4 Å². The number of nitrogens with one attached hydrogen (secondary N) is 1. The maximum atomic E-state index is 12.3. The highest BCUT2D eigenvalue weighted by Crippen LogP contribution is 2.23. The maximum absolute atomic E-state index is 12.3. The van der Waals surface area contributed by atoms with Crippen molar-refractivity contribution in [3.8, 4) is 0 Å². The first-order chi connectivity index (χ1) is 10.6. The Morgan fingerprint density at radius 3 is 2.73 bits per heavy atom. The lowest BCUT2D eigenvalue weighted by Gasteiger charge is -2.32. The number of amides is 1. The summed E-state index contributed by atoms with van der Waals surface area (Å²) in [6, 6.07) is 5.08. The summed E-state index contributed by atoms with van der Waals surface area (Å²) in [5.74, 6) is -0.144. The largest absolute Gasteiger partial charge is 0.349 e. The van der Waals surface area contributed by atoms with Gasteiger partial charge in [0.05, 0.1) is 10.6 Å². The van der Waals surface area contributed by atoms with Crippen LogP contribution in [0.1, 0.15) is 23.2 Å². The molecule has 1 amide bonds. The number of rotatable bonds is 3. The van der Waals surface area contributed by atoms with Crippen LogP contribution in [0.4, 0.5) is 5.13 Å². The monoisotopic (exact) mass is 355 g/mol. The summed E-state index contributed by atoms with van der Waals surface area (Å²) in [5, 5.41) is 6.98. The van der Waals surface area contributed by atoms with Crippen molar-refractivity contribution in [1.29, 1.82) is 0 Å². The van der Waals surface area contributed by atoms with Crippen LogP contribution in [0, 0.1) is 0 Å². The third-order valence-corrected chi connectivity index (χ3v) is 5.08. The van der Waals surface area contributed by atoms with Crippen LogP contribution in [-0.4, -0.2) is 30.0 Å². The Morgan fingerprint density at radius 1 is 1.32 bits per heavy atom. The van der Waals surface area contributed by atoms with E-state index in [1.165, 1.54) is 0 Å². The lowest BCUT2D eigenvalue weighted by atomic mass is 10.0. The smallest absolute Gasteiger partial charge is 0.253 e. The molecule has 1 aromatic carbocycles. The molecule has 0 radical (unpaired) electrons. The Morgan fingerprint density at radius 2 is 2.09 bits per heavy atom. The van der Waals surface area contributed by atoms with Gasteiger partial charge in [-0.05, 0) is 31.0 Å². The van der Waals surface area contributed by atoms with E-state index in [1.54, 1.807) is 29.5 Å². The summed E-state index contributed by atoms with van der Waals surface area (Å²) in [6.45, 7) is 1.79. The second-order valence-electron chi connectivity index (χ2n) is 5.17. The van der Waals surface area contributed by atoms with Gasteiger partial charge in [-0.3, -0.25) is 4.79 Å². The van der Waals surface area contributed by atoms with Crippen molar-refractivity contribution in [2.24, 2.45) is 0 Å². The second kappa shape index (κ2) is 6.86. The molecule has 2 heterocycles. The Labute approximate surface area is 143 Å². The molecule has 4 nitrogen and oxygen atoms in total. The first-order valence-electron chi connectivity index (χ1n) is 7.04. The van der Waals surface area contributed by atoms with Gasteiger partial charge in [-0.15, -0.1) is 11.3 Å². The van der Waals surface area contributed by atoms with Crippen LogP contribution in [-0.2, 0) is 0 Å². The summed E-state index contributed by atoms with van der Waals surface area (Å²) in [4.78, 5) is 18.9. The summed E-state index contributed by atoms with van der Waals surface area (Å²) < 4.78 is 0. The zero-order chi connectivity index (χ0) is 15.5. The average Bonchev–Trinajstić information content (AvgIpc) is 3.02. The molecular formula is C15H15Cl2N3OS. The average molecular weight is 356 g/mol. The van der Waals surface area contributed by atoms with Gasteiger partial charge in [-0.2, -0.15) is 0 Å². The topological polar surface area (TPSA) is 45.2 Å². The molecule has 0 atom stereocenters. The van der Waals surface area contributed by atoms with Crippen molar-refractivity contribution in [2.75, 3.05) is 18.0 Å². The first-order valence-corrected chi connectivity index (χ1v) is 8.67. The zero-order valence-electron chi connectivity index (χ0n) is 11.8. The number of benzene rings is 1. The van der Waals surface area contributed by atoms with E-state index in [0.717, 1.165) is 31.1 Å². The predicted octanol–water partition coefficient (Wildman–Crippen LogP) is 3.85. The molecular weight excluding hydrogens is 341 g/mol. The fourth-order valence-electron chi connectivity index (χ4n) is 2.52. The van der Waals surface area contributed by atoms with Gasteiger partial charge in [0.25, 0.3) is 5.91 Å². The summed E-state index contributed by atoms with van der Waals surface area (Å²) in [6.07, 6.45) is 3.61. The summed E-state index contributed by atoms with van der Waals surface area (Å²) in [7, 11) is 0. The van der Waals surface area contributed by atoms with Crippen molar-refractivity contribution >= 4 is 45.6 Å². The number of carbonyl (C=O) groups excluding carboxylic acids is 1. The number of thiazole rings is 1. The van der Waals surface area contributed by atoms with Crippen molar-refractivity contribution in [2.45, 2.75) is 18.9 Å². The van der Waals surface area contributed by atoms with Gasteiger partial charge in [-0.1, -0.05) is 23.2 Å². The van der Waals surface area contributed by atoms with Crippen molar-refractivity contribution in [3.63, 3.8) is 0 Å². The van der Waals surface area contributed by atoms with Gasteiger partial charge in [0.15, 0.2) is 5.13 Å². The Balaban J connectivity index is 1.57. The van der Waals surface area contributed by atoms with Crippen LogP contribution in [0.2, 0.25) is 10.0 Å². The molecule has 22 heavy (non-hydrogen) atoms. The minimum atomic E-state index is -0.144. The van der Waals surface area contributed by atoms with E-state index in [1.807, 2.05) is 11.6 Å². The molecule has 0 unspecified atom stereocenters. The molecule has 1 aliphatic heterocycles. The van der Waals surface area contributed by atoms with Gasteiger partial charge in [-0.25, -0.2) is 4.98 Å². The van der Waals surface area contributed by atoms with E-state index >= 15 is 0 Å². The number of piperidine rings is 1. The molecule has 7 heteroatoms. The number of nitrogens with zero attached hydrogens (tertiary/aromatic N) is 2. The maximum Gasteiger partial charge on any atom is 0.253 e. The third kappa shape index (κ3) is 3.54. The highest BCUT2D eigenvalue weighted by Gasteiger charge is 2.23.